The van der Waals surface area contributed by atoms with E-state index in [4.69, 9.17) is 46.4 Å². The van der Waals surface area contributed by atoms with Crippen LogP contribution in [0.2, 0.25) is 20.1 Å². The monoisotopic (exact) mass is 510 g/mol. The summed E-state index contributed by atoms with van der Waals surface area (Å²) in [6.07, 6.45) is 0. The molecule has 0 saturated carbocycles. The Hall–Kier alpha value is -2.64. The number of halogens is 4. The molecule has 0 aliphatic heterocycles. The molecule has 32 heavy (non-hydrogen) atoms. The minimum absolute atomic E-state index is 0.249. The van der Waals surface area contributed by atoms with Crippen LogP contribution >= 0.6 is 46.4 Å². The molecule has 4 amide bonds. The van der Waals surface area contributed by atoms with Crippen molar-refractivity contribution in [1.82, 2.24) is 10.6 Å². The van der Waals surface area contributed by atoms with E-state index in [0.29, 0.717) is 31.5 Å². The molecular formula is C22H18Cl4N4O2. The molecule has 0 spiro atoms. The fourth-order valence-corrected chi connectivity index (χ4v) is 3.62. The molecule has 0 heterocycles. The lowest BCUT2D eigenvalue weighted by atomic mass is 10.2. The molecule has 4 N–H and O–H groups in total. The van der Waals surface area contributed by atoms with Crippen molar-refractivity contribution in [3.05, 3.63) is 91.9 Å². The molecule has 0 aliphatic rings. The zero-order valence-corrected chi connectivity index (χ0v) is 19.5. The Morgan fingerprint density at radius 3 is 1.31 bits per heavy atom. The van der Waals surface area contributed by atoms with Crippen molar-refractivity contribution in [3.63, 3.8) is 0 Å². The number of benzene rings is 3. The van der Waals surface area contributed by atoms with E-state index in [0.717, 1.165) is 11.1 Å². The SMILES string of the molecule is O=C(NCc1ccc(Cl)cc1Cl)Nc1ccc(NC(=O)NCc2ccc(Cl)cc2Cl)cc1. The molecule has 0 saturated heterocycles. The first-order valence-electron chi connectivity index (χ1n) is 9.38. The highest BCUT2D eigenvalue weighted by Gasteiger charge is 2.07. The highest BCUT2D eigenvalue weighted by molar-refractivity contribution is 6.35. The number of rotatable bonds is 6. The Balaban J connectivity index is 1.45. The number of amides is 4. The van der Waals surface area contributed by atoms with Gasteiger partial charge in [0, 0.05) is 44.6 Å². The summed E-state index contributed by atoms with van der Waals surface area (Å²) in [7, 11) is 0. The summed E-state index contributed by atoms with van der Waals surface area (Å²) in [4.78, 5) is 24.2. The largest absolute Gasteiger partial charge is 0.334 e. The van der Waals surface area contributed by atoms with Crippen molar-refractivity contribution in [2.45, 2.75) is 13.1 Å². The summed E-state index contributed by atoms with van der Waals surface area (Å²) in [5, 5.41) is 12.9. The summed E-state index contributed by atoms with van der Waals surface area (Å²) in [5.74, 6) is 0. The third-order valence-corrected chi connectivity index (χ3v) is 5.48. The van der Waals surface area contributed by atoms with Crippen LogP contribution in [0.1, 0.15) is 11.1 Å². The Kier molecular flexibility index (Phi) is 8.47. The molecule has 0 fully saturated rings. The molecule has 3 aromatic rings. The van der Waals surface area contributed by atoms with Gasteiger partial charge in [-0.1, -0.05) is 58.5 Å². The van der Waals surface area contributed by atoms with Crippen LogP contribution in [0.4, 0.5) is 21.0 Å². The maximum atomic E-state index is 12.1. The number of carbonyl (C=O) groups is 2. The van der Waals surface area contributed by atoms with Gasteiger partial charge in [-0.25, -0.2) is 9.59 Å². The first-order chi connectivity index (χ1) is 15.3. The predicted octanol–water partition coefficient (Wildman–Crippen LogP) is 6.94. The van der Waals surface area contributed by atoms with Crippen LogP contribution < -0.4 is 21.3 Å². The summed E-state index contributed by atoms with van der Waals surface area (Å²) in [5.41, 5.74) is 2.61. The summed E-state index contributed by atoms with van der Waals surface area (Å²) in [6, 6.07) is 16.0. The average Bonchev–Trinajstić information content (AvgIpc) is 2.74. The lowest BCUT2D eigenvalue weighted by Gasteiger charge is -2.11. The number of hydrogen-bond acceptors (Lipinski definition) is 2. The van der Waals surface area contributed by atoms with Gasteiger partial charge in [0.25, 0.3) is 0 Å². The maximum absolute atomic E-state index is 12.1. The van der Waals surface area contributed by atoms with Crippen molar-refractivity contribution >= 4 is 69.8 Å². The van der Waals surface area contributed by atoms with E-state index in [1.807, 2.05) is 0 Å². The van der Waals surface area contributed by atoms with E-state index in [9.17, 15) is 9.59 Å². The quantitative estimate of drug-likeness (QED) is 0.289. The van der Waals surface area contributed by atoms with Crippen molar-refractivity contribution in [3.8, 4) is 0 Å². The van der Waals surface area contributed by atoms with E-state index in [1.165, 1.54) is 0 Å². The van der Waals surface area contributed by atoms with Gasteiger partial charge in [-0.15, -0.1) is 0 Å². The van der Waals surface area contributed by atoms with Crippen LogP contribution in [-0.2, 0) is 13.1 Å². The molecule has 0 aromatic heterocycles. The van der Waals surface area contributed by atoms with E-state index in [1.54, 1.807) is 60.7 Å². The van der Waals surface area contributed by atoms with E-state index >= 15 is 0 Å². The third-order valence-electron chi connectivity index (χ3n) is 4.31. The van der Waals surface area contributed by atoms with Gasteiger partial charge in [0.05, 0.1) is 0 Å². The highest BCUT2D eigenvalue weighted by Crippen LogP contribution is 2.22. The Labute approximate surface area is 205 Å². The minimum Gasteiger partial charge on any atom is -0.334 e. The van der Waals surface area contributed by atoms with Crippen LogP contribution in [0.25, 0.3) is 0 Å². The standard InChI is InChI=1S/C22H18Cl4N4O2/c23-15-3-1-13(19(25)9-15)11-27-21(31)29-17-5-7-18(8-6-17)30-22(32)28-12-14-2-4-16(24)10-20(14)26/h1-10H,11-12H2,(H2,27,29,31)(H2,28,30,32). The van der Waals surface area contributed by atoms with Crippen molar-refractivity contribution < 1.29 is 9.59 Å². The third kappa shape index (κ3) is 7.21. The van der Waals surface area contributed by atoms with Crippen LogP contribution in [-0.4, -0.2) is 12.1 Å². The van der Waals surface area contributed by atoms with Gasteiger partial charge in [0.2, 0.25) is 0 Å². The average molecular weight is 512 g/mol. The molecule has 0 unspecified atom stereocenters. The number of nitrogens with one attached hydrogen (secondary N) is 4. The van der Waals surface area contributed by atoms with Gasteiger partial charge >= 0.3 is 12.1 Å². The van der Waals surface area contributed by atoms with Crippen molar-refractivity contribution in [2.75, 3.05) is 10.6 Å². The molecule has 0 radical (unpaired) electrons. The number of hydrogen-bond donors (Lipinski definition) is 4. The summed E-state index contributed by atoms with van der Waals surface area (Å²) in [6.45, 7) is 0.499. The zero-order chi connectivity index (χ0) is 23.1. The second-order valence-corrected chi connectivity index (χ2v) is 8.35. The van der Waals surface area contributed by atoms with Gasteiger partial charge in [0.1, 0.15) is 0 Å². The second-order valence-electron chi connectivity index (χ2n) is 6.66. The molecule has 0 bridgehead atoms. The lowest BCUT2D eigenvalue weighted by Crippen LogP contribution is -2.29. The Bertz CT molecular complexity index is 1030. The summed E-state index contributed by atoms with van der Waals surface area (Å²) >= 11 is 23.9. The number of urea groups is 2. The van der Waals surface area contributed by atoms with Crippen molar-refractivity contribution in [1.29, 1.82) is 0 Å². The van der Waals surface area contributed by atoms with Gasteiger partial charge in [-0.05, 0) is 59.7 Å². The molecule has 10 heteroatoms. The number of carbonyl (C=O) groups excluding carboxylic acids is 2. The second kappa shape index (κ2) is 11.3. The Morgan fingerprint density at radius 2 is 0.969 bits per heavy atom. The highest BCUT2D eigenvalue weighted by atomic mass is 35.5. The fourth-order valence-electron chi connectivity index (χ4n) is 2.67. The molecule has 6 nitrogen and oxygen atoms in total. The predicted molar refractivity (Wildman–Crippen MR) is 131 cm³/mol. The maximum Gasteiger partial charge on any atom is 0.319 e. The molecule has 166 valence electrons. The van der Waals surface area contributed by atoms with E-state index in [2.05, 4.69) is 21.3 Å². The van der Waals surface area contributed by atoms with Crippen LogP contribution in [0.5, 0.6) is 0 Å². The van der Waals surface area contributed by atoms with Crippen LogP contribution in [0.15, 0.2) is 60.7 Å². The van der Waals surface area contributed by atoms with Gasteiger partial charge in [0.15, 0.2) is 0 Å². The molecule has 0 aliphatic carbocycles. The first-order valence-corrected chi connectivity index (χ1v) is 10.9. The molecule has 0 atom stereocenters. The number of anilines is 2. The zero-order valence-electron chi connectivity index (χ0n) is 16.5. The van der Waals surface area contributed by atoms with Crippen LogP contribution in [0, 0.1) is 0 Å². The fraction of sp³-hybridized carbons (Fsp3) is 0.0909. The molecule has 3 aromatic carbocycles. The van der Waals surface area contributed by atoms with E-state index in [-0.39, 0.29) is 13.1 Å². The van der Waals surface area contributed by atoms with Gasteiger partial charge < -0.3 is 21.3 Å². The lowest BCUT2D eigenvalue weighted by molar-refractivity contribution is 0.251. The smallest absolute Gasteiger partial charge is 0.319 e. The normalized spacial score (nSPS) is 10.4. The van der Waals surface area contributed by atoms with Crippen molar-refractivity contribution in [2.24, 2.45) is 0 Å². The first kappa shape index (κ1) is 24.0. The topological polar surface area (TPSA) is 82.3 Å². The Morgan fingerprint density at radius 1 is 0.594 bits per heavy atom. The van der Waals surface area contributed by atoms with E-state index < -0.39 is 12.1 Å². The van der Waals surface area contributed by atoms with Gasteiger partial charge in [-0.2, -0.15) is 0 Å². The minimum atomic E-state index is -0.394. The molecule has 3 rings (SSSR count). The van der Waals surface area contributed by atoms with Gasteiger partial charge in [-0.3, -0.25) is 0 Å². The molecular weight excluding hydrogens is 494 g/mol. The van der Waals surface area contributed by atoms with Crippen LogP contribution in [0.3, 0.4) is 0 Å². The summed E-state index contributed by atoms with van der Waals surface area (Å²) < 4.78 is 0.